The molecular weight excluding hydrogens is 308 g/mol. The molecule has 3 rings (SSSR count). The van der Waals surface area contributed by atoms with Gasteiger partial charge in [-0.25, -0.2) is 0 Å². The van der Waals surface area contributed by atoms with Crippen molar-refractivity contribution in [1.29, 1.82) is 0 Å². The number of ether oxygens (including phenoxy) is 2. The van der Waals surface area contributed by atoms with E-state index in [-0.39, 0.29) is 28.6 Å². The predicted molar refractivity (Wildman–Crippen MR) is 89.6 cm³/mol. The molecule has 0 spiro atoms. The van der Waals surface area contributed by atoms with Gasteiger partial charge in [0.2, 0.25) is 11.5 Å². The van der Waals surface area contributed by atoms with Gasteiger partial charge in [-0.2, -0.15) is 0 Å². The van der Waals surface area contributed by atoms with E-state index in [0.29, 0.717) is 6.61 Å². The van der Waals surface area contributed by atoms with Crippen LogP contribution in [0.15, 0.2) is 42.2 Å². The highest BCUT2D eigenvalue weighted by Gasteiger charge is 2.31. The fourth-order valence-electron chi connectivity index (χ4n) is 2.37. The van der Waals surface area contributed by atoms with Crippen LogP contribution in [-0.2, 0) is 0 Å². The lowest BCUT2D eigenvalue weighted by molar-refractivity contribution is 0.101. The van der Waals surface area contributed by atoms with Crippen LogP contribution in [0.1, 0.15) is 35.7 Å². The van der Waals surface area contributed by atoms with Gasteiger partial charge in [-0.15, -0.1) is 0 Å². The molecule has 0 amide bonds. The second kappa shape index (κ2) is 6.66. The molecular formula is C19H18O5. The van der Waals surface area contributed by atoms with Crippen molar-refractivity contribution in [2.24, 2.45) is 0 Å². The van der Waals surface area contributed by atoms with Crippen molar-refractivity contribution in [3.63, 3.8) is 0 Å². The number of hydrogen-bond donors (Lipinski definition) is 2. The van der Waals surface area contributed by atoms with E-state index in [1.807, 2.05) is 24.3 Å². The molecule has 0 radical (unpaired) electrons. The minimum atomic E-state index is -0.427. The number of phenols is 2. The normalized spacial score (nSPS) is 14.5. The predicted octanol–water partition coefficient (Wildman–Crippen LogP) is 3.89. The van der Waals surface area contributed by atoms with Crippen molar-refractivity contribution in [2.45, 2.75) is 19.8 Å². The van der Waals surface area contributed by atoms with Crippen molar-refractivity contribution in [3.8, 4) is 23.0 Å². The van der Waals surface area contributed by atoms with Gasteiger partial charge in [-0.05, 0) is 42.3 Å². The number of Topliss-reactive ketones (excluding diaryl/α,β-unsaturated/α-hetero) is 1. The largest absolute Gasteiger partial charge is 0.504 e. The molecule has 1 aliphatic heterocycles. The lowest BCUT2D eigenvalue weighted by atomic mass is 10.1. The van der Waals surface area contributed by atoms with Crippen molar-refractivity contribution >= 4 is 11.9 Å². The van der Waals surface area contributed by atoms with Crippen LogP contribution in [0.5, 0.6) is 23.0 Å². The summed E-state index contributed by atoms with van der Waals surface area (Å²) in [6, 6.07) is 10.0. The molecule has 0 aliphatic carbocycles. The molecule has 1 heterocycles. The van der Waals surface area contributed by atoms with Gasteiger partial charge in [-0.3, -0.25) is 4.79 Å². The fourth-order valence-corrected chi connectivity index (χ4v) is 2.37. The number of hydrogen-bond acceptors (Lipinski definition) is 5. The first kappa shape index (κ1) is 15.9. The fraction of sp³-hybridized carbons (Fsp3) is 0.211. The number of aromatic hydroxyl groups is 2. The third-order valence-electron chi connectivity index (χ3n) is 3.74. The monoisotopic (exact) mass is 326 g/mol. The van der Waals surface area contributed by atoms with E-state index < -0.39 is 5.75 Å². The molecule has 0 fully saturated rings. The highest BCUT2D eigenvalue weighted by molar-refractivity contribution is 6.15. The summed E-state index contributed by atoms with van der Waals surface area (Å²) in [7, 11) is 0. The van der Waals surface area contributed by atoms with E-state index in [0.717, 1.165) is 24.2 Å². The van der Waals surface area contributed by atoms with Crippen LogP contribution >= 0.6 is 0 Å². The van der Waals surface area contributed by atoms with Gasteiger partial charge < -0.3 is 19.7 Å². The standard InChI is InChI=1S/C19H18O5/c1-2-3-10-23-13-6-4-12(5-7-13)11-16-17(21)14-8-9-15(20)18(22)19(14)24-16/h4-9,11,20,22H,2-3,10H2,1H3. The Hall–Kier alpha value is -2.95. The molecule has 0 saturated heterocycles. The quantitative estimate of drug-likeness (QED) is 0.495. The number of benzene rings is 2. The van der Waals surface area contributed by atoms with Gasteiger partial charge in [0.05, 0.1) is 12.2 Å². The van der Waals surface area contributed by atoms with Gasteiger partial charge in [0.1, 0.15) is 5.75 Å². The molecule has 5 nitrogen and oxygen atoms in total. The minimum absolute atomic E-state index is 0.00855. The first-order chi connectivity index (χ1) is 11.6. The molecule has 0 bridgehead atoms. The van der Waals surface area contributed by atoms with E-state index in [1.54, 1.807) is 6.08 Å². The van der Waals surface area contributed by atoms with Crippen LogP contribution < -0.4 is 9.47 Å². The van der Waals surface area contributed by atoms with Crippen molar-refractivity contribution < 1.29 is 24.5 Å². The number of ketones is 1. The molecule has 1 aliphatic rings. The topological polar surface area (TPSA) is 76.0 Å². The van der Waals surface area contributed by atoms with Crippen LogP contribution in [0, 0.1) is 0 Å². The number of phenolic OH excluding ortho intramolecular Hbond substituents is 2. The van der Waals surface area contributed by atoms with Gasteiger partial charge in [0, 0.05) is 0 Å². The SMILES string of the molecule is CCCCOc1ccc(C=C2Oc3c(ccc(O)c3O)C2=O)cc1. The van der Waals surface area contributed by atoms with Gasteiger partial charge >= 0.3 is 0 Å². The number of allylic oxidation sites excluding steroid dienone is 1. The summed E-state index contributed by atoms with van der Waals surface area (Å²) in [5, 5.41) is 19.3. The van der Waals surface area contributed by atoms with E-state index in [4.69, 9.17) is 9.47 Å². The summed E-state index contributed by atoms with van der Waals surface area (Å²) in [5.41, 5.74) is 1.01. The number of carbonyl (C=O) groups is 1. The van der Waals surface area contributed by atoms with Crippen molar-refractivity contribution in [3.05, 3.63) is 53.3 Å². The maximum atomic E-state index is 12.3. The van der Waals surface area contributed by atoms with Gasteiger partial charge in [0.25, 0.3) is 0 Å². The third-order valence-corrected chi connectivity index (χ3v) is 3.74. The van der Waals surface area contributed by atoms with Crippen molar-refractivity contribution in [1.82, 2.24) is 0 Å². The summed E-state index contributed by atoms with van der Waals surface area (Å²) < 4.78 is 11.0. The van der Waals surface area contributed by atoms with Crippen LogP contribution in [0.2, 0.25) is 0 Å². The Bertz CT molecular complexity index is 790. The van der Waals surface area contributed by atoms with Crippen LogP contribution in [-0.4, -0.2) is 22.6 Å². The highest BCUT2D eigenvalue weighted by Crippen LogP contribution is 2.44. The Balaban J connectivity index is 1.78. The first-order valence-electron chi connectivity index (χ1n) is 7.82. The minimum Gasteiger partial charge on any atom is -0.504 e. The Labute approximate surface area is 139 Å². The molecule has 2 aromatic carbocycles. The van der Waals surface area contributed by atoms with E-state index >= 15 is 0 Å². The smallest absolute Gasteiger partial charge is 0.232 e. The molecule has 24 heavy (non-hydrogen) atoms. The Morgan fingerprint density at radius 3 is 2.58 bits per heavy atom. The average Bonchev–Trinajstić information content (AvgIpc) is 2.90. The third kappa shape index (κ3) is 3.06. The Kier molecular flexibility index (Phi) is 4.42. The van der Waals surface area contributed by atoms with Crippen LogP contribution in [0.4, 0.5) is 0 Å². The Morgan fingerprint density at radius 2 is 1.88 bits per heavy atom. The first-order valence-corrected chi connectivity index (χ1v) is 7.82. The second-order valence-electron chi connectivity index (χ2n) is 5.52. The average molecular weight is 326 g/mol. The summed E-state index contributed by atoms with van der Waals surface area (Å²) in [5.74, 6) is -0.213. The molecule has 0 unspecified atom stereocenters. The zero-order valence-corrected chi connectivity index (χ0v) is 13.3. The zero-order valence-electron chi connectivity index (χ0n) is 13.3. The molecule has 0 saturated carbocycles. The molecule has 0 atom stereocenters. The Morgan fingerprint density at radius 1 is 1.12 bits per heavy atom. The number of rotatable bonds is 5. The molecule has 2 aromatic rings. The van der Waals surface area contributed by atoms with Crippen LogP contribution in [0.3, 0.4) is 0 Å². The second-order valence-corrected chi connectivity index (χ2v) is 5.52. The lowest BCUT2D eigenvalue weighted by Gasteiger charge is -2.05. The molecule has 2 N–H and O–H groups in total. The van der Waals surface area contributed by atoms with Gasteiger partial charge in [-0.1, -0.05) is 25.5 Å². The maximum absolute atomic E-state index is 12.3. The number of fused-ring (bicyclic) bond motifs is 1. The molecule has 124 valence electrons. The van der Waals surface area contributed by atoms with E-state index in [9.17, 15) is 15.0 Å². The van der Waals surface area contributed by atoms with E-state index in [1.165, 1.54) is 12.1 Å². The molecule has 0 aromatic heterocycles. The highest BCUT2D eigenvalue weighted by atomic mass is 16.5. The maximum Gasteiger partial charge on any atom is 0.232 e. The van der Waals surface area contributed by atoms with E-state index in [2.05, 4.69) is 6.92 Å². The molecule has 5 heteroatoms. The summed E-state index contributed by atoms with van der Waals surface area (Å²) >= 11 is 0. The number of unbranched alkanes of at least 4 members (excludes halogenated alkanes) is 1. The number of carbonyl (C=O) groups excluding carboxylic acids is 1. The van der Waals surface area contributed by atoms with Crippen molar-refractivity contribution in [2.75, 3.05) is 6.61 Å². The van der Waals surface area contributed by atoms with Crippen LogP contribution in [0.25, 0.3) is 6.08 Å². The zero-order chi connectivity index (χ0) is 17.1. The van der Waals surface area contributed by atoms with Gasteiger partial charge in [0.15, 0.2) is 17.3 Å². The summed E-state index contributed by atoms with van der Waals surface area (Å²) in [6.07, 6.45) is 3.67. The summed E-state index contributed by atoms with van der Waals surface area (Å²) in [6.45, 7) is 2.78. The summed E-state index contributed by atoms with van der Waals surface area (Å²) in [4.78, 5) is 12.3. The lowest BCUT2D eigenvalue weighted by Crippen LogP contribution is -1.98.